The van der Waals surface area contributed by atoms with Crippen molar-refractivity contribution in [1.29, 1.82) is 0 Å². The van der Waals surface area contributed by atoms with Crippen molar-refractivity contribution in [2.24, 2.45) is 5.92 Å². The van der Waals surface area contributed by atoms with E-state index in [0.29, 0.717) is 98.4 Å². The molecule has 0 saturated carbocycles. The molecular weight excluding hydrogens is 420 g/mol. The minimum Gasteiger partial charge on any atom is -0.415 e. The highest BCUT2D eigenvalue weighted by atomic mass is 28.4. The van der Waals surface area contributed by atoms with Gasteiger partial charge in [-0.1, -0.05) is 13.8 Å². The number of rotatable bonds is 25. The van der Waals surface area contributed by atoms with Crippen molar-refractivity contribution in [3.8, 4) is 0 Å². The van der Waals surface area contributed by atoms with Gasteiger partial charge in [-0.15, -0.1) is 0 Å². The van der Waals surface area contributed by atoms with Crippen LogP contribution in [0, 0.1) is 5.92 Å². The SMILES string of the molecule is CC(C)CCOCCOCCOCCOCCOCCOCCOCCO[Si](C)(C)C. The zero-order valence-electron chi connectivity index (χ0n) is 20.7. The molecule has 0 amide bonds. The lowest BCUT2D eigenvalue weighted by molar-refractivity contribution is -0.0215. The van der Waals surface area contributed by atoms with Gasteiger partial charge in [0, 0.05) is 6.61 Å². The van der Waals surface area contributed by atoms with E-state index in [1.807, 2.05) is 0 Å². The lowest BCUT2D eigenvalue weighted by Gasteiger charge is -2.16. The Morgan fingerprint density at radius 1 is 0.419 bits per heavy atom. The van der Waals surface area contributed by atoms with Crippen LogP contribution in [0.3, 0.4) is 0 Å². The van der Waals surface area contributed by atoms with E-state index < -0.39 is 8.32 Å². The second-order valence-electron chi connectivity index (χ2n) is 8.43. The highest BCUT2D eigenvalue weighted by Crippen LogP contribution is 2.01. The molecule has 31 heavy (non-hydrogen) atoms. The van der Waals surface area contributed by atoms with Crippen molar-refractivity contribution in [2.45, 2.75) is 39.9 Å². The quantitative estimate of drug-likeness (QED) is 0.150. The maximum atomic E-state index is 5.70. The molecule has 0 aliphatic heterocycles. The Labute approximate surface area is 191 Å². The molecule has 188 valence electrons. The van der Waals surface area contributed by atoms with Crippen molar-refractivity contribution < 1.29 is 37.6 Å². The van der Waals surface area contributed by atoms with Crippen LogP contribution in [0.5, 0.6) is 0 Å². The van der Waals surface area contributed by atoms with Crippen LogP contribution in [0.4, 0.5) is 0 Å². The van der Waals surface area contributed by atoms with E-state index in [4.69, 9.17) is 37.6 Å². The summed E-state index contributed by atoms with van der Waals surface area (Å²) in [6.07, 6.45) is 1.09. The first-order valence-electron chi connectivity index (χ1n) is 11.6. The van der Waals surface area contributed by atoms with E-state index in [1.165, 1.54) is 0 Å². The Morgan fingerprint density at radius 2 is 0.677 bits per heavy atom. The smallest absolute Gasteiger partial charge is 0.183 e. The third-order valence-corrected chi connectivity index (χ3v) is 4.90. The second kappa shape index (κ2) is 23.1. The molecule has 0 spiro atoms. The summed E-state index contributed by atoms with van der Waals surface area (Å²) in [5.41, 5.74) is 0. The van der Waals surface area contributed by atoms with Crippen molar-refractivity contribution in [1.82, 2.24) is 0 Å². The molecular formula is C22H48O8Si. The molecule has 0 aliphatic carbocycles. The highest BCUT2D eigenvalue weighted by molar-refractivity contribution is 6.69. The van der Waals surface area contributed by atoms with Gasteiger partial charge in [-0.2, -0.15) is 0 Å². The molecule has 0 rings (SSSR count). The molecule has 0 aliphatic rings. The van der Waals surface area contributed by atoms with E-state index in [-0.39, 0.29) is 0 Å². The van der Waals surface area contributed by atoms with Crippen LogP contribution in [0.15, 0.2) is 0 Å². The van der Waals surface area contributed by atoms with Gasteiger partial charge < -0.3 is 37.6 Å². The van der Waals surface area contributed by atoms with Gasteiger partial charge in [0.15, 0.2) is 8.32 Å². The summed E-state index contributed by atoms with van der Waals surface area (Å²) >= 11 is 0. The van der Waals surface area contributed by atoms with E-state index >= 15 is 0 Å². The van der Waals surface area contributed by atoms with Crippen molar-refractivity contribution in [3.05, 3.63) is 0 Å². The second-order valence-corrected chi connectivity index (χ2v) is 12.9. The first-order chi connectivity index (χ1) is 14.9. The van der Waals surface area contributed by atoms with Gasteiger partial charge in [0.1, 0.15) is 0 Å². The number of hydrogen-bond acceptors (Lipinski definition) is 8. The molecule has 0 fully saturated rings. The summed E-state index contributed by atoms with van der Waals surface area (Å²) < 4.78 is 43.9. The van der Waals surface area contributed by atoms with E-state index in [9.17, 15) is 0 Å². The van der Waals surface area contributed by atoms with Gasteiger partial charge >= 0.3 is 0 Å². The maximum Gasteiger partial charge on any atom is 0.183 e. The van der Waals surface area contributed by atoms with Gasteiger partial charge in [0.25, 0.3) is 0 Å². The summed E-state index contributed by atoms with van der Waals surface area (Å²) in [6, 6.07) is 0. The summed E-state index contributed by atoms with van der Waals surface area (Å²) in [7, 11) is -1.43. The molecule has 0 radical (unpaired) electrons. The standard InChI is InChI=1S/C22H48O8Si/c1-22(2)6-7-23-8-9-24-10-11-25-12-13-26-14-15-27-16-17-28-18-19-29-20-21-30-31(3,4)5/h22H,6-21H2,1-5H3. The van der Waals surface area contributed by atoms with Crippen LogP contribution in [0.25, 0.3) is 0 Å². The summed E-state index contributed by atoms with van der Waals surface area (Å²) in [5.74, 6) is 0.679. The van der Waals surface area contributed by atoms with E-state index in [1.54, 1.807) is 0 Å². The zero-order valence-corrected chi connectivity index (χ0v) is 21.7. The Kier molecular flexibility index (Phi) is 23.0. The van der Waals surface area contributed by atoms with Gasteiger partial charge in [-0.25, -0.2) is 0 Å². The number of hydrogen-bond donors (Lipinski definition) is 0. The lowest BCUT2D eigenvalue weighted by atomic mass is 10.1. The first-order valence-corrected chi connectivity index (χ1v) is 15.0. The summed E-state index contributed by atoms with van der Waals surface area (Å²) in [5, 5.41) is 0. The average Bonchev–Trinajstić information content (AvgIpc) is 2.70. The third-order valence-electron chi connectivity index (χ3n) is 3.83. The fourth-order valence-corrected chi connectivity index (χ4v) is 2.84. The monoisotopic (exact) mass is 468 g/mol. The molecule has 0 atom stereocenters. The van der Waals surface area contributed by atoms with Crippen molar-refractivity contribution >= 4 is 8.32 Å². The Morgan fingerprint density at radius 3 is 0.935 bits per heavy atom. The van der Waals surface area contributed by atoms with Gasteiger partial charge in [-0.3, -0.25) is 0 Å². The van der Waals surface area contributed by atoms with Crippen LogP contribution in [-0.4, -0.2) is 107 Å². The molecule has 0 aromatic heterocycles. The fraction of sp³-hybridized carbons (Fsp3) is 1.00. The molecule has 0 saturated heterocycles. The Balaban J connectivity index is 3.04. The third kappa shape index (κ3) is 29.9. The van der Waals surface area contributed by atoms with E-state index in [2.05, 4.69) is 33.5 Å². The summed E-state index contributed by atoms with van der Waals surface area (Å²) in [4.78, 5) is 0. The molecule has 8 nitrogen and oxygen atoms in total. The molecule has 0 aromatic carbocycles. The van der Waals surface area contributed by atoms with E-state index in [0.717, 1.165) is 13.0 Å². The normalized spacial score (nSPS) is 12.2. The molecule has 9 heteroatoms. The Hall–Kier alpha value is -0.103. The Bertz CT molecular complexity index is 353. The summed E-state index contributed by atoms with van der Waals surface area (Å²) in [6.45, 7) is 19.8. The predicted molar refractivity (Wildman–Crippen MR) is 124 cm³/mol. The van der Waals surface area contributed by atoms with Gasteiger partial charge in [0.2, 0.25) is 0 Å². The maximum absolute atomic E-state index is 5.70. The van der Waals surface area contributed by atoms with Crippen molar-refractivity contribution in [2.75, 3.05) is 99.1 Å². The largest absolute Gasteiger partial charge is 0.415 e. The molecule has 0 heterocycles. The molecule has 0 aromatic rings. The minimum atomic E-state index is -1.43. The molecule has 0 unspecified atom stereocenters. The minimum absolute atomic E-state index is 0.549. The van der Waals surface area contributed by atoms with Crippen molar-refractivity contribution in [3.63, 3.8) is 0 Å². The van der Waals surface area contributed by atoms with Crippen LogP contribution < -0.4 is 0 Å². The first kappa shape index (κ1) is 30.9. The molecule has 0 bridgehead atoms. The molecule has 0 N–H and O–H groups in total. The number of ether oxygens (including phenoxy) is 7. The predicted octanol–water partition coefficient (Wildman–Crippen LogP) is 3.00. The topological polar surface area (TPSA) is 73.8 Å². The lowest BCUT2D eigenvalue weighted by Crippen LogP contribution is -2.27. The average molecular weight is 469 g/mol. The van der Waals surface area contributed by atoms with Crippen LogP contribution in [0.1, 0.15) is 20.3 Å². The highest BCUT2D eigenvalue weighted by Gasteiger charge is 2.12. The zero-order chi connectivity index (χ0) is 23.0. The van der Waals surface area contributed by atoms with Gasteiger partial charge in [0.05, 0.1) is 92.5 Å². The van der Waals surface area contributed by atoms with Crippen LogP contribution in [-0.2, 0) is 37.6 Å². The van der Waals surface area contributed by atoms with Crippen LogP contribution >= 0.6 is 0 Å². The van der Waals surface area contributed by atoms with Gasteiger partial charge in [-0.05, 0) is 32.0 Å². The van der Waals surface area contributed by atoms with Crippen LogP contribution in [0.2, 0.25) is 19.6 Å². The fourth-order valence-electron chi connectivity index (χ4n) is 2.15.